The fourth-order valence-corrected chi connectivity index (χ4v) is 3.54. The molecule has 4 heterocycles. The lowest BCUT2D eigenvalue weighted by atomic mass is 10.1. The van der Waals surface area contributed by atoms with Crippen molar-refractivity contribution < 1.29 is 22.7 Å². The summed E-state index contributed by atoms with van der Waals surface area (Å²) in [5, 5.41) is 2.74. The van der Waals surface area contributed by atoms with E-state index in [1.54, 1.807) is 12.3 Å². The van der Waals surface area contributed by atoms with E-state index in [1.165, 1.54) is 18.5 Å². The van der Waals surface area contributed by atoms with Gasteiger partial charge in [0.05, 0.1) is 23.8 Å². The van der Waals surface area contributed by atoms with Crippen molar-refractivity contribution in [1.82, 2.24) is 19.9 Å². The third-order valence-corrected chi connectivity index (χ3v) is 5.18. The average molecular weight is 474 g/mol. The van der Waals surface area contributed by atoms with Gasteiger partial charge in [0, 0.05) is 31.5 Å². The Morgan fingerprint density at radius 3 is 2.65 bits per heavy atom. The number of pyridine rings is 2. The SMILES string of the molecule is Nc1ncc(-c2ncccc2OC(F)(F)F)nc1C(=O)Nc1ccncc1N1CCC(N)CC1. The molecular weight excluding hydrogens is 453 g/mol. The number of aromatic nitrogens is 4. The van der Waals surface area contributed by atoms with Gasteiger partial charge in [0.25, 0.3) is 5.91 Å². The number of nitrogens with one attached hydrogen (secondary N) is 1. The van der Waals surface area contributed by atoms with Gasteiger partial charge >= 0.3 is 6.36 Å². The van der Waals surface area contributed by atoms with Gasteiger partial charge in [-0.05, 0) is 31.0 Å². The number of halogens is 3. The van der Waals surface area contributed by atoms with Gasteiger partial charge in [0.15, 0.2) is 17.3 Å². The van der Waals surface area contributed by atoms with Gasteiger partial charge in [-0.15, -0.1) is 13.2 Å². The van der Waals surface area contributed by atoms with Gasteiger partial charge in [0.1, 0.15) is 11.4 Å². The van der Waals surface area contributed by atoms with Gasteiger partial charge in [-0.1, -0.05) is 0 Å². The molecule has 1 fully saturated rings. The summed E-state index contributed by atoms with van der Waals surface area (Å²) in [5.41, 5.74) is 12.4. The first-order valence-corrected chi connectivity index (χ1v) is 10.3. The monoisotopic (exact) mass is 474 g/mol. The van der Waals surface area contributed by atoms with Gasteiger partial charge in [0.2, 0.25) is 0 Å². The van der Waals surface area contributed by atoms with Crippen LogP contribution in [0.1, 0.15) is 23.3 Å². The van der Waals surface area contributed by atoms with Crippen molar-refractivity contribution in [3.05, 3.63) is 48.7 Å². The molecule has 5 N–H and O–H groups in total. The van der Waals surface area contributed by atoms with E-state index in [9.17, 15) is 18.0 Å². The summed E-state index contributed by atoms with van der Waals surface area (Å²) in [6, 6.07) is 4.12. The fourth-order valence-electron chi connectivity index (χ4n) is 3.54. The molecule has 3 aromatic heterocycles. The number of carbonyl (C=O) groups excluding carboxylic acids is 1. The van der Waals surface area contributed by atoms with Crippen LogP contribution >= 0.6 is 0 Å². The molecule has 1 aliphatic rings. The van der Waals surface area contributed by atoms with Gasteiger partial charge in [-0.3, -0.25) is 14.8 Å². The largest absolute Gasteiger partial charge is 0.573 e. The van der Waals surface area contributed by atoms with Crippen LogP contribution in [0.2, 0.25) is 0 Å². The number of carbonyl (C=O) groups is 1. The first-order chi connectivity index (χ1) is 16.2. The second kappa shape index (κ2) is 9.47. The molecule has 13 heteroatoms. The highest BCUT2D eigenvalue weighted by Gasteiger charge is 2.33. The molecule has 0 atom stereocenters. The number of nitrogen functional groups attached to an aromatic ring is 1. The minimum Gasteiger partial charge on any atom is -0.403 e. The Balaban J connectivity index is 1.62. The summed E-state index contributed by atoms with van der Waals surface area (Å²) in [7, 11) is 0. The summed E-state index contributed by atoms with van der Waals surface area (Å²) < 4.78 is 42.4. The lowest BCUT2D eigenvalue weighted by Gasteiger charge is -2.32. The van der Waals surface area contributed by atoms with E-state index >= 15 is 0 Å². The van der Waals surface area contributed by atoms with E-state index in [0.717, 1.165) is 25.1 Å². The maximum absolute atomic E-state index is 13.0. The molecule has 4 rings (SSSR count). The minimum atomic E-state index is -4.94. The summed E-state index contributed by atoms with van der Waals surface area (Å²) in [4.78, 5) is 31.2. The molecule has 0 aliphatic carbocycles. The summed E-state index contributed by atoms with van der Waals surface area (Å²) >= 11 is 0. The molecule has 178 valence electrons. The minimum absolute atomic E-state index is 0.112. The number of amides is 1. The van der Waals surface area contributed by atoms with Gasteiger partial charge < -0.3 is 26.4 Å². The molecule has 1 amide bonds. The number of hydrogen-bond acceptors (Lipinski definition) is 9. The van der Waals surface area contributed by atoms with Crippen LogP contribution in [-0.2, 0) is 0 Å². The second-order valence-electron chi connectivity index (χ2n) is 7.56. The number of alkyl halides is 3. The molecule has 0 saturated carbocycles. The first-order valence-electron chi connectivity index (χ1n) is 10.3. The predicted molar refractivity (Wildman–Crippen MR) is 118 cm³/mol. The second-order valence-corrected chi connectivity index (χ2v) is 7.56. The Morgan fingerprint density at radius 2 is 1.91 bits per heavy atom. The zero-order valence-corrected chi connectivity index (χ0v) is 17.8. The van der Waals surface area contributed by atoms with Crippen LogP contribution in [-0.4, -0.2) is 51.3 Å². The summed E-state index contributed by atoms with van der Waals surface area (Å²) in [5.74, 6) is -1.47. The zero-order valence-electron chi connectivity index (χ0n) is 17.8. The highest BCUT2D eigenvalue weighted by molar-refractivity contribution is 6.07. The van der Waals surface area contributed by atoms with Crippen molar-refractivity contribution >= 4 is 23.1 Å². The number of ether oxygens (including phenoxy) is 1. The Kier molecular flexibility index (Phi) is 6.45. The molecule has 0 spiro atoms. The number of nitrogens with zero attached hydrogens (tertiary/aromatic N) is 5. The van der Waals surface area contributed by atoms with Crippen LogP contribution in [0.4, 0.5) is 30.4 Å². The van der Waals surface area contributed by atoms with E-state index in [2.05, 4.69) is 34.9 Å². The van der Waals surface area contributed by atoms with Crippen molar-refractivity contribution in [1.29, 1.82) is 0 Å². The van der Waals surface area contributed by atoms with E-state index < -0.39 is 18.0 Å². The number of anilines is 3. The number of nitrogens with two attached hydrogens (primary N) is 2. The summed E-state index contributed by atoms with van der Waals surface area (Å²) in [6.45, 7) is 1.41. The molecule has 0 aromatic carbocycles. The Morgan fingerprint density at radius 1 is 1.15 bits per heavy atom. The molecule has 0 unspecified atom stereocenters. The lowest BCUT2D eigenvalue weighted by molar-refractivity contribution is -0.274. The average Bonchev–Trinajstić information content (AvgIpc) is 2.80. The maximum Gasteiger partial charge on any atom is 0.573 e. The van der Waals surface area contributed by atoms with Crippen LogP contribution in [0.3, 0.4) is 0 Å². The van der Waals surface area contributed by atoms with Gasteiger partial charge in [-0.25, -0.2) is 9.97 Å². The number of piperidine rings is 1. The Bertz CT molecular complexity index is 1180. The zero-order chi connectivity index (χ0) is 24.3. The maximum atomic E-state index is 13.0. The number of rotatable bonds is 5. The first kappa shape index (κ1) is 23.2. The van der Waals surface area contributed by atoms with Crippen molar-refractivity contribution in [2.75, 3.05) is 29.0 Å². The van der Waals surface area contributed by atoms with Crippen molar-refractivity contribution in [2.45, 2.75) is 25.2 Å². The van der Waals surface area contributed by atoms with E-state index in [4.69, 9.17) is 11.5 Å². The highest BCUT2D eigenvalue weighted by atomic mass is 19.4. The molecule has 1 aliphatic heterocycles. The van der Waals surface area contributed by atoms with Gasteiger partial charge in [-0.2, -0.15) is 0 Å². The molecule has 10 nitrogen and oxygen atoms in total. The van der Waals surface area contributed by atoms with Crippen LogP contribution in [0, 0.1) is 0 Å². The molecule has 34 heavy (non-hydrogen) atoms. The Labute approximate surface area is 192 Å². The van der Waals surface area contributed by atoms with Crippen molar-refractivity contribution in [2.24, 2.45) is 5.73 Å². The molecule has 0 bridgehead atoms. The van der Waals surface area contributed by atoms with Crippen molar-refractivity contribution in [3.63, 3.8) is 0 Å². The quantitative estimate of drug-likeness (QED) is 0.508. The normalized spacial score (nSPS) is 14.6. The molecule has 1 saturated heterocycles. The summed E-state index contributed by atoms with van der Waals surface area (Å²) in [6.07, 6.45) is 2.21. The van der Waals surface area contributed by atoms with E-state index in [0.29, 0.717) is 24.5 Å². The molecular formula is C21H21F3N8O2. The topological polar surface area (TPSA) is 145 Å². The van der Waals surface area contributed by atoms with Crippen LogP contribution < -0.4 is 26.4 Å². The number of hydrogen-bond donors (Lipinski definition) is 3. The third kappa shape index (κ3) is 5.31. The molecule has 0 radical (unpaired) electrons. The Hall–Kier alpha value is -4.00. The highest BCUT2D eigenvalue weighted by Crippen LogP contribution is 2.32. The van der Waals surface area contributed by atoms with Crippen LogP contribution in [0.15, 0.2) is 43.0 Å². The predicted octanol–water partition coefficient (Wildman–Crippen LogP) is 2.59. The molecule has 3 aromatic rings. The van der Waals surface area contributed by atoms with Crippen molar-refractivity contribution in [3.8, 4) is 17.1 Å². The van der Waals surface area contributed by atoms with E-state index in [-0.39, 0.29) is 28.9 Å². The smallest absolute Gasteiger partial charge is 0.403 e. The fraction of sp³-hybridized carbons (Fsp3) is 0.286. The van der Waals surface area contributed by atoms with Crippen LogP contribution in [0.25, 0.3) is 11.4 Å². The third-order valence-electron chi connectivity index (χ3n) is 5.18. The lowest BCUT2D eigenvalue weighted by Crippen LogP contribution is -2.40. The van der Waals surface area contributed by atoms with Crippen LogP contribution in [0.5, 0.6) is 5.75 Å². The standard InChI is InChI=1S/C21H21F3N8O2/c22-21(23,24)34-16-2-1-6-28-17(16)14-10-29-19(26)18(30-14)20(33)31-13-3-7-27-11-15(13)32-8-4-12(25)5-9-32/h1-3,6-7,10-12H,4-5,8-9,25H2,(H2,26,29)(H,27,31,33). The van der Waals surface area contributed by atoms with E-state index in [1.807, 2.05) is 0 Å².